The van der Waals surface area contributed by atoms with Crippen LogP contribution in [0.25, 0.3) is 0 Å². The predicted molar refractivity (Wildman–Crippen MR) is 106 cm³/mol. The summed E-state index contributed by atoms with van der Waals surface area (Å²) in [5, 5.41) is 3.03. The highest BCUT2D eigenvalue weighted by Gasteiger charge is 2.42. The number of nitrogens with zero attached hydrogens (tertiary/aromatic N) is 3. The van der Waals surface area contributed by atoms with E-state index in [1.807, 2.05) is 10.8 Å². The quantitative estimate of drug-likeness (QED) is 0.760. The normalized spacial score (nSPS) is 17.0. The minimum Gasteiger partial charge on any atom is -0.383 e. The number of nitrogens with one attached hydrogen (secondary N) is 1. The van der Waals surface area contributed by atoms with Crippen molar-refractivity contribution in [3.63, 3.8) is 0 Å². The van der Waals surface area contributed by atoms with Gasteiger partial charge in [-0.05, 0) is 32.3 Å². The Morgan fingerprint density at radius 2 is 1.93 bits per heavy atom. The van der Waals surface area contributed by atoms with Crippen LogP contribution in [0, 0.1) is 13.8 Å². The minimum atomic E-state index is -0.566. The summed E-state index contributed by atoms with van der Waals surface area (Å²) in [4.78, 5) is 19.6. The number of likely N-dealkylation sites (tertiary alicyclic amines) is 1. The van der Waals surface area contributed by atoms with E-state index >= 15 is 0 Å². The standard InChI is InChI=1S/C21H30N4O2/c1-17-12-18(2)14-19(13-17)15-24-8-4-21(5-9-24,25-10-6-22-16-25)20(26)23-7-11-27-3/h6,10,12-14,16H,4-5,7-9,11,15H2,1-3H3,(H,23,26). The summed E-state index contributed by atoms with van der Waals surface area (Å²) in [6.07, 6.45) is 6.94. The molecular weight excluding hydrogens is 340 g/mol. The molecule has 1 aliphatic rings. The number of carbonyl (C=O) groups is 1. The number of methoxy groups -OCH3 is 1. The minimum absolute atomic E-state index is 0.0589. The Morgan fingerprint density at radius 3 is 2.52 bits per heavy atom. The van der Waals surface area contributed by atoms with Gasteiger partial charge >= 0.3 is 0 Å². The van der Waals surface area contributed by atoms with Crippen LogP contribution < -0.4 is 5.32 Å². The second-order valence-electron chi connectivity index (χ2n) is 7.52. The van der Waals surface area contributed by atoms with Gasteiger partial charge in [-0.3, -0.25) is 9.69 Å². The van der Waals surface area contributed by atoms with Crippen LogP contribution in [0.15, 0.2) is 36.9 Å². The molecule has 1 amide bonds. The molecule has 1 N–H and O–H groups in total. The van der Waals surface area contributed by atoms with Crippen molar-refractivity contribution in [2.75, 3.05) is 33.4 Å². The molecule has 0 aliphatic carbocycles. The van der Waals surface area contributed by atoms with Crippen LogP contribution in [0.3, 0.4) is 0 Å². The molecule has 0 unspecified atom stereocenters. The highest BCUT2D eigenvalue weighted by atomic mass is 16.5. The Bertz CT molecular complexity index is 729. The number of ether oxygens (including phenoxy) is 1. The molecule has 6 heteroatoms. The average Bonchev–Trinajstić information content (AvgIpc) is 3.17. The van der Waals surface area contributed by atoms with Gasteiger partial charge in [-0.25, -0.2) is 4.98 Å². The van der Waals surface area contributed by atoms with E-state index in [0.29, 0.717) is 13.2 Å². The Kier molecular flexibility index (Phi) is 6.29. The lowest BCUT2D eigenvalue weighted by molar-refractivity contribution is -0.132. The molecule has 1 aromatic heterocycles. The summed E-state index contributed by atoms with van der Waals surface area (Å²) in [7, 11) is 1.64. The fourth-order valence-corrected chi connectivity index (χ4v) is 4.05. The highest BCUT2D eigenvalue weighted by Crippen LogP contribution is 2.31. The van der Waals surface area contributed by atoms with Gasteiger partial charge in [0.2, 0.25) is 5.91 Å². The van der Waals surface area contributed by atoms with E-state index in [2.05, 4.69) is 47.2 Å². The molecule has 1 saturated heterocycles. The second-order valence-corrected chi connectivity index (χ2v) is 7.52. The van der Waals surface area contributed by atoms with Gasteiger partial charge in [0.15, 0.2) is 0 Å². The van der Waals surface area contributed by atoms with Gasteiger partial charge < -0.3 is 14.6 Å². The first-order valence-corrected chi connectivity index (χ1v) is 9.59. The Labute approximate surface area is 161 Å². The first-order valence-electron chi connectivity index (χ1n) is 9.59. The third kappa shape index (κ3) is 4.57. The van der Waals surface area contributed by atoms with E-state index in [4.69, 9.17) is 4.74 Å². The van der Waals surface area contributed by atoms with Gasteiger partial charge in [-0.2, -0.15) is 0 Å². The van der Waals surface area contributed by atoms with Crippen LogP contribution in [0.1, 0.15) is 29.5 Å². The van der Waals surface area contributed by atoms with Gasteiger partial charge in [-0.15, -0.1) is 0 Å². The van der Waals surface area contributed by atoms with Crippen LogP contribution in [-0.2, 0) is 21.6 Å². The van der Waals surface area contributed by atoms with Crippen molar-refractivity contribution in [2.24, 2.45) is 0 Å². The molecule has 27 heavy (non-hydrogen) atoms. The summed E-state index contributed by atoms with van der Waals surface area (Å²) >= 11 is 0. The van der Waals surface area contributed by atoms with Gasteiger partial charge in [0.1, 0.15) is 5.54 Å². The molecular formula is C21H30N4O2. The molecule has 0 radical (unpaired) electrons. The highest BCUT2D eigenvalue weighted by molar-refractivity contribution is 5.84. The molecule has 2 heterocycles. The molecule has 0 atom stereocenters. The molecule has 6 nitrogen and oxygen atoms in total. The molecule has 1 fully saturated rings. The number of aromatic nitrogens is 2. The van der Waals surface area contributed by atoms with Gasteiger partial charge in [0.25, 0.3) is 0 Å². The fourth-order valence-electron chi connectivity index (χ4n) is 4.05. The zero-order chi connectivity index (χ0) is 19.3. The van der Waals surface area contributed by atoms with Crippen molar-refractivity contribution < 1.29 is 9.53 Å². The van der Waals surface area contributed by atoms with Crippen LogP contribution in [0.2, 0.25) is 0 Å². The van der Waals surface area contributed by atoms with E-state index in [9.17, 15) is 4.79 Å². The van der Waals surface area contributed by atoms with Crippen molar-refractivity contribution in [2.45, 2.75) is 38.8 Å². The lowest BCUT2D eigenvalue weighted by Crippen LogP contribution is -2.55. The summed E-state index contributed by atoms with van der Waals surface area (Å²) < 4.78 is 7.04. The molecule has 1 aromatic carbocycles. The number of hydrogen-bond acceptors (Lipinski definition) is 4. The van der Waals surface area contributed by atoms with Crippen LogP contribution in [0.4, 0.5) is 0 Å². The summed E-state index contributed by atoms with van der Waals surface area (Å²) in [5.41, 5.74) is 3.37. The number of carbonyl (C=O) groups excluding carboxylic acids is 1. The third-order valence-electron chi connectivity index (χ3n) is 5.38. The van der Waals surface area contributed by atoms with Crippen molar-refractivity contribution in [1.82, 2.24) is 19.8 Å². The lowest BCUT2D eigenvalue weighted by Gasteiger charge is -2.41. The smallest absolute Gasteiger partial charge is 0.246 e. The maximum atomic E-state index is 13.0. The molecule has 3 rings (SSSR count). The van der Waals surface area contributed by atoms with Crippen LogP contribution >= 0.6 is 0 Å². The first-order chi connectivity index (χ1) is 13.0. The van der Waals surface area contributed by atoms with E-state index in [1.165, 1.54) is 16.7 Å². The maximum Gasteiger partial charge on any atom is 0.246 e. The van der Waals surface area contributed by atoms with Gasteiger partial charge in [0, 0.05) is 45.7 Å². The van der Waals surface area contributed by atoms with Crippen LogP contribution in [0.5, 0.6) is 0 Å². The average molecular weight is 370 g/mol. The Balaban J connectivity index is 1.69. The van der Waals surface area contributed by atoms with Crippen molar-refractivity contribution in [3.05, 3.63) is 53.6 Å². The van der Waals surface area contributed by atoms with Crippen molar-refractivity contribution in [3.8, 4) is 0 Å². The maximum absolute atomic E-state index is 13.0. The monoisotopic (exact) mass is 370 g/mol. The summed E-state index contributed by atoms with van der Waals surface area (Å²) in [6.45, 7) is 8.00. The molecule has 2 aromatic rings. The van der Waals surface area contributed by atoms with Gasteiger partial charge in [0.05, 0.1) is 12.9 Å². The number of rotatable bonds is 7. The van der Waals surface area contributed by atoms with Gasteiger partial charge in [-0.1, -0.05) is 29.3 Å². The zero-order valence-electron chi connectivity index (χ0n) is 16.6. The Morgan fingerprint density at radius 1 is 1.22 bits per heavy atom. The fraction of sp³-hybridized carbons (Fsp3) is 0.524. The summed E-state index contributed by atoms with van der Waals surface area (Å²) in [5.74, 6) is 0.0589. The SMILES string of the molecule is COCCNC(=O)C1(n2ccnc2)CCN(Cc2cc(C)cc(C)c2)CC1. The van der Waals surface area contributed by atoms with E-state index in [-0.39, 0.29) is 5.91 Å². The number of imidazole rings is 1. The van der Waals surface area contributed by atoms with Crippen molar-refractivity contribution >= 4 is 5.91 Å². The molecule has 0 bridgehead atoms. The third-order valence-corrected chi connectivity index (χ3v) is 5.38. The topological polar surface area (TPSA) is 59.4 Å². The van der Waals surface area contributed by atoms with E-state index in [1.54, 1.807) is 19.6 Å². The number of piperidine rings is 1. The van der Waals surface area contributed by atoms with E-state index in [0.717, 1.165) is 32.5 Å². The molecule has 0 saturated carbocycles. The summed E-state index contributed by atoms with van der Waals surface area (Å²) in [6, 6.07) is 6.71. The first kappa shape index (κ1) is 19.6. The second kappa shape index (κ2) is 8.67. The van der Waals surface area contributed by atoms with Crippen LogP contribution in [-0.4, -0.2) is 53.7 Å². The van der Waals surface area contributed by atoms with E-state index < -0.39 is 5.54 Å². The zero-order valence-corrected chi connectivity index (χ0v) is 16.6. The largest absolute Gasteiger partial charge is 0.383 e. The number of aryl methyl sites for hydroxylation is 2. The van der Waals surface area contributed by atoms with Crippen molar-refractivity contribution in [1.29, 1.82) is 0 Å². The molecule has 1 aliphatic heterocycles. The number of benzene rings is 1. The number of hydrogen-bond donors (Lipinski definition) is 1. The Hall–Kier alpha value is -2.18. The predicted octanol–water partition coefficient (Wildman–Crippen LogP) is 2.25. The number of amides is 1. The molecule has 146 valence electrons. The lowest BCUT2D eigenvalue weighted by atomic mass is 9.85. The molecule has 0 spiro atoms.